The summed E-state index contributed by atoms with van der Waals surface area (Å²) in [6.45, 7) is 4.23. The fourth-order valence-corrected chi connectivity index (χ4v) is 2.31. The van der Waals surface area contributed by atoms with Gasteiger partial charge in [0.15, 0.2) is 0 Å². The molecule has 2 rings (SSSR count). The summed E-state index contributed by atoms with van der Waals surface area (Å²) in [5.74, 6) is -0.0229. The molecule has 0 aliphatic carbocycles. The summed E-state index contributed by atoms with van der Waals surface area (Å²) < 4.78 is 2.96. The van der Waals surface area contributed by atoms with E-state index < -0.39 is 0 Å². The van der Waals surface area contributed by atoms with Gasteiger partial charge in [0.1, 0.15) is 6.54 Å². The molecule has 0 atom stereocenters. The third-order valence-corrected chi connectivity index (χ3v) is 3.63. The summed E-state index contributed by atoms with van der Waals surface area (Å²) in [4.78, 5) is 12.1. The van der Waals surface area contributed by atoms with Gasteiger partial charge in [0.25, 0.3) is 0 Å². The number of amides is 1. The molecule has 1 amide bonds. The molecular formula is C16H20BrN3O. The van der Waals surface area contributed by atoms with Gasteiger partial charge in [-0.15, -0.1) is 0 Å². The highest BCUT2D eigenvalue weighted by molar-refractivity contribution is 9.10. The number of nitrogens with zero attached hydrogens (tertiary/aromatic N) is 1. The Morgan fingerprint density at radius 1 is 1.24 bits per heavy atom. The Kier molecular flexibility index (Phi) is 6.02. The average Bonchev–Trinajstić information content (AvgIpc) is 2.89. The molecule has 0 unspecified atom stereocenters. The number of anilines is 1. The zero-order valence-electron chi connectivity index (χ0n) is 12.1. The van der Waals surface area contributed by atoms with Crippen LogP contribution in [0, 0.1) is 0 Å². The standard InChI is InChI=1S/C16H20BrN3O/c1-2-9-18-11-15-4-3-10-20(15)12-16(21)19-14-7-5-13(17)6-8-14/h3-8,10,18H,2,9,11-12H2,1H3,(H,19,21). The number of nitrogens with one attached hydrogen (secondary N) is 2. The molecule has 0 radical (unpaired) electrons. The molecule has 0 aliphatic rings. The van der Waals surface area contributed by atoms with Crippen LogP contribution in [0.1, 0.15) is 19.0 Å². The number of hydrogen-bond acceptors (Lipinski definition) is 2. The number of hydrogen-bond donors (Lipinski definition) is 2. The van der Waals surface area contributed by atoms with E-state index in [-0.39, 0.29) is 5.91 Å². The minimum Gasteiger partial charge on any atom is -0.341 e. The molecule has 1 aromatic heterocycles. The van der Waals surface area contributed by atoms with Gasteiger partial charge in [-0.1, -0.05) is 22.9 Å². The van der Waals surface area contributed by atoms with Gasteiger partial charge in [0.2, 0.25) is 5.91 Å². The van der Waals surface area contributed by atoms with Gasteiger partial charge >= 0.3 is 0 Å². The van der Waals surface area contributed by atoms with E-state index >= 15 is 0 Å². The first-order chi connectivity index (χ1) is 10.2. The van der Waals surface area contributed by atoms with Crippen molar-refractivity contribution in [2.45, 2.75) is 26.4 Å². The van der Waals surface area contributed by atoms with Crippen LogP contribution in [-0.2, 0) is 17.9 Å². The van der Waals surface area contributed by atoms with Crippen molar-refractivity contribution < 1.29 is 4.79 Å². The predicted molar refractivity (Wildman–Crippen MR) is 89.2 cm³/mol. The lowest BCUT2D eigenvalue weighted by molar-refractivity contribution is -0.116. The second-order valence-corrected chi connectivity index (χ2v) is 5.77. The van der Waals surface area contributed by atoms with Crippen molar-refractivity contribution >= 4 is 27.5 Å². The van der Waals surface area contributed by atoms with E-state index in [1.165, 1.54) is 0 Å². The highest BCUT2D eigenvalue weighted by Gasteiger charge is 2.06. The summed E-state index contributed by atoms with van der Waals surface area (Å²) in [5, 5.41) is 6.25. The second-order valence-electron chi connectivity index (χ2n) is 4.86. The third-order valence-electron chi connectivity index (χ3n) is 3.10. The average molecular weight is 350 g/mol. The second kappa shape index (κ2) is 8.00. The maximum Gasteiger partial charge on any atom is 0.244 e. The van der Waals surface area contributed by atoms with E-state index in [9.17, 15) is 4.79 Å². The monoisotopic (exact) mass is 349 g/mol. The van der Waals surface area contributed by atoms with E-state index in [0.29, 0.717) is 6.54 Å². The van der Waals surface area contributed by atoms with E-state index in [2.05, 4.69) is 33.5 Å². The van der Waals surface area contributed by atoms with Crippen LogP contribution < -0.4 is 10.6 Å². The van der Waals surface area contributed by atoms with Crippen molar-refractivity contribution in [1.82, 2.24) is 9.88 Å². The smallest absolute Gasteiger partial charge is 0.244 e. The Morgan fingerprint density at radius 2 is 2.00 bits per heavy atom. The van der Waals surface area contributed by atoms with Crippen molar-refractivity contribution in [3.63, 3.8) is 0 Å². The van der Waals surface area contributed by atoms with Gasteiger partial charge in [-0.3, -0.25) is 4.79 Å². The van der Waals surface area contributed by atoms with Crippen molar-refractivity contribution in [3.05, 3.63) is 52.8 Å². The normalized spacial score (nSPS) is 10.6. The van der Waals surface area contributed by atoms with E-state index in [1.807, 2.05) is 47.2 Å². The Labute approximate surface area is 133 Å². The molecule has 21 heavy (non-hydrogen) atoms. The highest BCUT2D eigenvalue weighted by Crippen LogP contribution is 2.14. The molecule has 4 nitrogen and oxygen atoms in total. The molecule has 0 bridgehead atoms. The molecule has 1 aromatic carbocycles. The van der Waals surface area contributed by atoms with E-state index in [0.717, 1.165) is 35.4 Å². The van der Waals surface area contributed by atoms with E-state index in [1.54, 1.807) is 0 Å². The maximum atomic E-state index is 12.1. The quantitative estimate of drug-likeness (QED) is 0.752. The summed E-state index contributed by atoms with van der Waals surface area (Å²) >= 11 is 3.38. The molecule has 2 aromatic rings. The molecule has 0 fully saturated rings. The molecule has 0 aliphatic heterocycles. The summed E-state index contributed by atoms with van der Waals surface area (Å²) in [6, 6.07) is 11.6. The maximum absolute atomic E-state index is 12.1. The summed E-state index contributed by atoms with van der Waals surface area (Å²) in [5.41, 5.74) is 1.93. The van der Waals surface area contributed by atoms with Crippen molar-refractivity contribution in [3.8, 4) is 0 Å². The highest BCUT2D eigenvalue weighted by atomic mass is 79.9. The van der Waals surface area contributed by atoms with Crippen LogP contribution in [-0.4, -0.2) is 17.0 Å². The van der Waals surface area contributed by atoms with Crippen LogP contribution in [0.2, 0.25) is 0 Å². The van der Waals surface area contributed by atoms with Gasteiger partial charge in [-0.05, 0) is 49.4 Å². The Bertz CT molecular complexity index is 577. The lowest BCUT2D eigenvalue weighted by atomic mass is 10.3. The van der Waals surface area contributed by atoms with Crippen LogP contribution in [0.4, 0.5) is 5.69 Å². The van der Waals surface area contributed by atoms with Crippen LogP contribution in [0.25, 0.3) is 0 Å². The zero-order chi connectivity index (χ0) is 15.1. The van der Waals surface area contributed by atoms with Crippen molar-refractivity contribution in [2.24, 2.45) is 0 Å². The van der Waals surface area contributed by atoms with Crippen LogP contribution in [0.5, 0.6) is 0 Å². The first-order valence-corrected chi connectivity index (χ1v) is 7.88. The number of benzene rings is 1. The SMILES string of the molecule is CCCNCc1cccn1CC(=O)Nc1ccc(Br)cc1. The Balaban J connectivity index is 1.90. The van der Waals surface area contributed by atoms with Gasteiger partial charge in [-0.2, -0.15) is 0 Å². The topological polar surface area (TPSA) is 46.1 Å². The number of carbonyl (C=O) groups is 1. The number of rotatable bonds is 7. The first-order valence-electron chi connectivity index (χ1n) is 7.09. The Morgan fingerprint density at radius 3 is 2.71 bits per heavy atom. The minimum atomic E-state index is -0.0229. The van der Waals surface area contributed by atoms with Crippen LogP contribution in [0.3, 0.4) is 0 Å². The Hall–Kier alpha value is -1.59. The zero-order valence-corrected chi connectivity index (χ0v) is 13.7. The van der Waals surface area contributed by atoms with Gasteiger partial charge < -0.3 is 15.2 Å². The molecule has 112 valence electrons. The number of carbonyl (C=O) groups excluding carboxylic acids is 1. The molecule has 2 N–H and O–H groups in total. The molecule has 0 spiro atoms. The van der Waals surface area contributed by atoms with Crippen molar-refractivity contribution in [1.29, 1.82) is 0 Å². The van der Waals surface area contributed by atoms with Gasteiger partial charge in [0, 0.05) is 28.6 Å². The fraction of sp³-hybridized carbons (Fsp3) is 0.312. The molecule has 1 heterocycles. The third kappa shape index (κ3) is 5.02. The molecule has 0 saturated carbocycles. The predicted octanol–water partition coefficient (Wildman–Crippen LogP) is 3.39. The summed E-state index contributed by atoms with van der Waals surface area (Å²) in [7, 11) is 0. The summed E-state index contributed by atoms with van der Waals surface area (Å²) in [6.07, 6.45) is 3.04. The first kappa shape index (κ1) is 15.8. The van der Waals surface area contributed by atoms with Crippen molar-refractivity contribution in [2.75, 3.05) is 11.9 Å². The van der Waals surface area contributed by atoms with Gasteiger partial charge in [0.05, 0.1) is 0 Å². The van der Waals surface area contributed by atoms with Gasteiger partial charge in [-0.25, -0.2) is 0 Å². The van der Waals surface area contributed by atoms with Crippen LogP contribution in [0.15, 0.2) is 47.1 Å². The van der Waals surface area contributed by atoms with Crippen LogP contribution >= 0.6 is 15.9 Å². The largest absolute Gasteiger partial charge is 0.341 e. The molecule has 0 saturated heterocycles. The lowest BCUT2D eigenvalue weighted by Crippen LogP contribution is -2.22. The minimum absolute atomic E-state index is 0.0229. The van der Waals surface area contributed by atoms with E-state index in [4.69, 9.17) is 0 Å². The number of aromatic nitrogens is 1. The number of halogens is 1. The molecular weight excluding hydrogens is 330 g/mol. The fourth-order valence-electron chi connectivity index (χ4n) is 2.05. The molecule has 5 heteroatoms. The lowest BCUT2D eigenvalue weighted by Gasteiger charge is -2.10.